The summed E-state index contributed by atoms with van der Waals surface area (Å²) < 4.78 is 5.12. The van der Waals surface area contributed by atoms with E-state index in [0.29, 0.717) is 0 Å². The van der Waals surface area contributed by atoms with Crippen molar-refractivity contribution in [3.63, 3.8) is 0 Å². The quantitative estimate of drug-likeness (QED) is 0.624. The summed E-state index contributed by atoms with van der Waals surface area (Å²) in [7, 11) is 1.64. The number of methoxy groups -OCH3 is 1. The summed E-state index contributed by atoms with van der Waals surface area (Å²) in [5.74, 6) is 0.894. The third-order valence-electron chi connectivity index (χ3n) is 2.62. The van der Waals surface area contributed by atoms with Gasteiger partial charge in [-0.15, -0.1) is 0 Å². The highest BCUT2D eigenvalue weighted by molar-refractivity contribution is 6.01. The highest BCUT2D eigenvalue weighted by Gasteiger charge is 2.06. The van der Waals surface area contributed by atoms with Gasteiger partial charge in [-0.05, 0) is 23.3 Å². The number of ether oxygens (including phenoxy) is 1. The van der Waals surface area contributed by atoms with E-state index in [2.05, 4.69) is 0 Å². The normalized spacial score (nSPS) is 9.94. The van der Waals surface area contributed by atoms with Crippen LogP contribution in [0.2, 0.25) is 0 Å². The molecule has 86 valence electrons. The molecule has 0 saturated heterocycles. The fourth-order valence-corrected chi connectivity index (χ4v) is 1.74. The van der Waals surface area contributed by atoms with Crippen LogP contribution in [0.15, 0.2) is 48.5 Å². The molecule has 3 nitrogen and oxygen atoms in total. The fourth-order valence-electron chi connectivity index (χ4n) is 1.74. The van der Waals surface area contributed by atoms with Gasteiger partial charge in [0.05, 0.1) is 7.11 Å². The van der Waals surface area contributed by atoms with Crippen molar-refractivity contribution >= 4 is 5.84 Å². The Kier molecular flexibility index (Phi) is 3.10. The minimum absolute atomic E-state index is 0.0800. The second-order valence-electron chi connectivity index (χ2n) is 3.69. The van der Waals surface area contributed by atoms with Crippen molar-refractivity contribution in [2.75, 3.05) is 7.11 Å². The molecular formula is C14H14N2O. The first kappa shape index (κ1) is 11.2. The van der Waals surface area contributed by atoms with Crippen LogP contribution in [-0.4, -0.2) is 12.9 Å². The molecule has 2 rings (SSSR count). The smallest absolute Gasteiger partial charge is 0.123 e. The minimum Gasteiger partial charge on any atom is -0.497 e. The van der Waals surface area contributed by atoms with Gasteiger partial charge in [0.15, 0.2) is 0 Å². The Balaban J connectivity index is 2.48. The molecule has 0 aliphatic carbocycles. The van der Waals surface area contributed by atoms with E-state index in [9.17, 15) is 0 Å². The Morgan fingerprint density at radius 2 is 1.71 bits per heavy atom. The molecule has 3 heteroatoms. The van der Waals surface area contributed by atoms with Gasteiger partial charge >= 0.3 is 0 Å². The van der Waals surface area contributed by atoms with E-state index in [1.165, 1.54) is 0 Å². The monoisotopic (exact) mass is 226 g/mol. The zero-order valence-corrected chi connectivity index (χ0v) is 9.60. The minimum atomic E-state index is 0.0800. The molecule has 0 radical (unpaired) electrons. The predicted octanol–water partition coefficient (Wildman–Crippen LogP) is 2.65. The first-order chi connectivity index (χ1) is 8.22. The molecule has 17 heavy (non-hydrogen) atoms. The van der Waals surface area contributed by atoms with Crippen LogP contribution in [0.4, 0.5) is 0 Å². The molecule has 3 N–H and O–H groups in total. The Hall–Kier alpha value is -2.29. The summed E-state index contributed by atoms with van der Waals surface area (Å²) in [5, 5.41) is 7.56. The molecule has 0 spiro atoms. The molecule has 0 atom stereocenters. The summed E-state index contributed by atoms with van der Waals surface area (Å²) >= 11 is 0. The number of hydrogen-bond acceptors (Lipinski definition) is 2. The lowest BCUT2D eigenvalue weighted by Crippen LogP contribution is -2.12. The number of nitrogens with two attached hydrogens (primary N) is 1. The van der Waals surface area contributed by atoms with Crippen LogP contribution < -0.4 is 10.5 Å². The molecule has 0 aromatic heterocycles. The molecule has 0 heterocycles. The van der Waals surface area contributed by atoms with Gasteiger partial charge in [-0.2, -0.15) is 0 Å². The maximum atomic E-state index is 7.56. The first-order valence-electron chi connectivity index (χ1n) is 5.30. The number of benzene rings is 2. The Bertz CT molecular complexity index is 532. The number of nitrogens with one attached hydrogen (secondary N) is 1. The van der Waals surface area contributed by atoms with Crippen LogP contribution in [0, 0.1) is 5.41 Å². The highest BCUT2D eigenvalue weighted by atomic mass is 16.5. The predicted molar refractivity (Wildman–Crippen MR) is 69.4 cm³/mol. The lowest BCUT2D eigenvalue weighted by molar-refractivity contribution is 0.415. The summed E-state index contributed by atoms with van der Waals surface area (Å²) in [6.07, 6.45) is 0. The molecule has 0 aliphatic rings. The molecule has 0 bridgehead atoms. The molecular weight excluding hydrogens is 212 g/mol. The van der Waals surface area contributed by atoms with Gasteiger partial charge in [0.1, 0.15) is 11.6 Å². The van der Waals surface area contributed by atoms with Gasteiger partial charge in [0.2, 0.25) is 0 Å². The van der Waals surface area contributed by atoms with Crippen LogP contribution in [0.1, 0.15) is 5.56 Å². The zero-order valence-electron chi connectivity index (χ0n) is 9.60. The van der Waals surface area contributed by atoms with E-state index in [4.69, 9.17) is 15.9 Å². The lowest BCUT2D eigenvalue weighted by atomic mass is 9.99. The van der Waals surface area contributed by atoms with E-state index in [-0.39, 0.29) is 5.84 Å². The Morgan fingerprint density at radius 1 is 1.06 bits per heavy atom. The van der Waals surface area contributed by atoms with E-state index < -0.39 is 0 Å². The van der Waals surface area contributed by atoms with Gasteiger partial charge < -0.3 is 10.5 Å². The van der Waals surface area contributed by atoms with Crippen LogP contribution in [0.3, 0.4) is 0 Å². The largest absolute Gasteiger partial charge is 0.497 e. The van der Waals surface area contributed by atoms with Crippen molar-refractivity contribution in [1.82, 2.24) is 0 Å². The molecule has 0 saturated carbocycles. The van der Waals surface area contributed by atoms with Gasteiger partial charge in [0.25, 0.3) is 0 Å². The molecule has 0 amide bonds. The van der Waals surface area contributed by atoms with Crippen LogP contribution in [-0.2, 0) is 0 Å². The molecule has 2 aromatic rings. The SMILES string of the molecule is COc1ccc(-c2ccccc2C(=N)N)cc1. The van der Waals surface area contributed by atoms with Crippen molar-refractivity contribution < 1.29 is 4.74 Å². The van der Waals surface area contributed by atoms with Gasteiger partial charge in [-0.3, -0.25) is 5.41 Å². The standard InChI is InChI=1S/C14H14N2O/c1-17-11-8-6-10(7-9-11)12-4-2-3-5-13(12)14(15)16/h2-9H,1H3,(H3,15,16). The average molecular weight is 226 g/mol. The van der Waals surface area contributed by atoms with Gasteiger partial charge in [-0.25, -0.2) is 0 Å². The Labute approximate surface area is 100 Å². The van der Waals surface area contributed by atoms with Crippen molar-refractivity contribution in [3.8, 4) is 16.9 Å². The third-order valence-corrected chi connectivity index (χ3v) is 2.62. The van der Waals surface area contributed by atoms with Crippen LogP contribution in [0.25, 0.3) is 11.1 Å². The number of amidine groups is 1. The van der Waals surface area contributed by atoms with E-state index in [1.807, 2.05) is 48.5 Å². The zero-order chi connectivity index (χ0) is 12.3. The molecule has 0 fully saturated rings. The first-order valence-corrected chi connectivity index (χ1v) is 5.30. The maximum absolute atomic E-state index is 7.56. The van der Waals surface area contributed by atoms with Crippen molar-refractivity contribution in [1.29, 1.82) is 5.41 Å². The van der Waals surface area contributed by atoms with Crippen LogP contribution >= 0.6 is 0 Å². The highest BCUT2D eigenvalue weighted by Crippen LogP contribution is 2.25. The van der Waals surface area contributed by atoms with Crippen molar-refractivity contribution in [2.45, 2.75) is 0 Å². The van der Waals surface area contributed by atoms with Gasteiger partial charge in [0, 0.05) is 5.56 Å². The number of hydrogen-bond donors (Lipinski definition) is 2. The average Bonchev–Trinajstić information content (AvgIpc) is 2.39. The summed E-state index contributed by atoms with van der Waals surface area (Å²) in [6.45, 7) is 0. The van der Waals surface area contributed by atoms with E-state index in [0.717, 1.165) is 22.4 Å². The summed E-state index contributed by atoms with van der Waals surface area (Å²) in [4.78, 5) is 0. The Morgan fingerprint density at radius 3 is 2.29 bits per heavy atom. The fraction of sp³-hybridized carbons (Fsp3) is 0.0714. The lowest BCUT2D eigenvalue weighted by Gasteiger charge is -2.08. The van der Waals surface area contributed by atoms with Crippen molar-refractivity contribution in [2.24, 2.45) is 5.73 Å². The van der Waals surface area contributed by atoms with Gasteiger partial charge in [-0.1, -0.05) is 36.4 Å². The van der Waals surface area contributed by atoms with E-state index in [1.54, 1.807) is 7.11 Å². The maximum Gasteiger partial charge on any atom is 0.123 e. The summed E-state index contributed by atoms with van der Waals surface area (Å²) in [6, 6.07) is 15.3. The second-order valence-corrected chi connectivity index (χ2v) is 3.69. The topological polar surface area (TPSA) is 59.1 Å². The summed E-state index contributed by atoms with van der Waals surface area (Å²) in [5.41, 5.74) is 8.30. The van der Waals surface area contributed by atoms with Crippen molar-refractivity contribution in [3.05, 3.63) is 54.1 Å². The second kappa shape index (κ2) is 4.70. The number of rotatable bonds is 3. The molecule has 2 aromatic carbocycles. The number of nitrogen functional groups attached to an aromatic ring is 1. The van der Waals surface area contributed by atoms with Crippen LogP contribution in [0.5, 0.6) is 5.75 Å². The molecule has 0 unspecified atom stereocenters. The molecule has 0 aliphatic heterocycles. The van der Waals surface area contributed by atoms with E-state index >= 15 is 0 Å². The third kappa shape index (κ3) is 2.28.